The van der Waals surface area contributed by atoms with Gasteiger partial charge in [0.05, 0.1) is 6.61 Å². The molecule has 1 amide bonds. The number of hydrogen-bond acceptors (Lipinski definition) is 4. The highest BCUT2D eigenvalue weighted by Crippen LogP contribution is 2.32. The number of ether oxygens (including phenoxy) is 2. The first kappa shape index (κ1) is 18.0. The third-order valence-electron chi connectivity index (χ3n) is 3.51. The fourth-order valence-corrected chi connectivity index (χ4v) is 3.65. The van der Waals surface area contributed by atoms with Crippen molar-refractivity contribution in [1.82, 2.24) is 4.90 Å². The van der Waals surface area contributed by atoms with Crippen molar-refractivity contribution < 1.29 is 14.3 Å². The molecule has 128 valence electrons. The van der Waals surface area contributed by atoms with Crippen molar-refractivity contribution in [1.29, 1.82) is 0 Å². The van der Waals surface area contributed by atoms with Crippen molar-refractivity contribution in [2.45, 2.75) is 56.3 Å². The molecular formula is C18H27NO3S. The Morgan fingerprint density at radius 1 is 1.30 bits per heavy atom. The highest BCUT2D eigenvalue weighted by atomic mass is 32.2. The lowest BCUT2D eigenvalue weighted by atomic mass is 10.1. The van der Waals surface area contributed by atoms with E-state index in [4.69, 9.17) is 9.47 Å². The van der Waals surface area contributed by atoms with Gasteiger partial charge in [0.15, 0.2) is 0 Å². The Morgan fingerprint density at radius 2 is 2.00 bits per heavy atom. The van der Waals surface area contributed by atoms with Gasteiger partial charge in [0, 0.05) is 23.2 Å². The van der Waals surface area contributed by atoms with Gasteiger partial charge >= 0.3 is 6.09 Å². The van der Waals surface area contributed by atoms with Gasteiger partial charge in [-0.3, -0.25) is 0 Å². The van der Waals surface area contributed by atoms with Crippen LogP contribution in [0.25, 0.3) is 0 Å². The van der Waals surface area contributed by atoms with Crippen molar-refractivity contribution in [3.8, 4) is 5.75 Å². The molecule has 5 heteroatoms. The molecular weight excluding hydrogens is 310 g/mol. The average Bonchev–Trinajstić information content (AvgIpc) is 2.47. The van der Waals surface area contributed by atoms with Gasteiger partial charge in [-0.1, -0.05) is 6.07 Å². The number of nitrogens with zero attached hydrogens (tertiary/aromatic N) is 1. The summed E-state index contributed by atoms with van der Waals surface area (Å²) in [4.78, 5) is 15.1. The van der Waals surface area contributed by atoms with E-state index in [9.17, 15) is 4.79 Å². The molecule has 0 unspecified atom stereocenters. The molecule has 4 nitrogen and oxygen atoms in total. The summed E-state index contributed by atoms with van der Waals surface area (Å²) in [6.07, 6.45) is 1.78. The van der Waals surface area contributed by atoms with Crippen LogP contribution in [0.15, 0.2) is 29.2 Å². The molecule has 1 aliphatic heterocycles. The Bertz CT molecular complexity index is 519. The molecule has 23 heavy (non-hydrogen) atoms. The predicted octanol–water partition coefficient (Wildman–Crippen LogP) is 4.58. The number of carbonyl (C=O) groups excluding carboxylic acids is 1. The van der Waals surface area contributed by atoms with Gasteiger partial charge in [0.25, 0.3) is 0 Å². The molecule has 0 saturated carbocycles. The van der Waals surface area contributed by atoms with E-state index in [1.165, 1.54) is 4.90 Å². The molecule has 0 spiro atoms. The van der Waals surface area contributed by atoms with Gasteiger partial charge in [0.1, 0.15) is 11.4 Å². The number of thioether (sulfide) groups is 1. The largest absolute Gasteiger partial charge is 0.494 e. The predicted molar refractivity (Wildman–Crippen MR) is 94.3 cm³/mol. The summed E-state index contributed by atoms with van der Waals surface area (Å²) in [6.45, 7) is 9.90. The van der Waals surface area contributed by atoms with Crippen LogP contribution >= 0.6 is 11.8 Å². The van der Waals surface area contributed by atoms with Gasteiger partial charge in [-0.2, -0.15) is 0 Å². The molecule has 1 heterocycles. The summed E-state index contributed by atoms with van der Waals surface area (Å²) in [7, 11) is 0. The second-order valence-electron chi connectivity index (χ2n) is 6.69. The topological polar surface area (TPSA) is 38.8 Å². The van der Waals surface area contributed by atoms with E-state index >= 15 is 0 Å². The molecule has 0 aliphatic carbocycles. The molecule has 2 rings (SSSR count). The minimum atomic E-state index is -0.428. The van der Waals surface area contributed by atoms with Crippen LogP contribution in [0.5, 0.6) is 5.75 Å². The highest BCUT2D eigenvalue weighted by molar-refractivity contribution is 8.00. The van der Waals surface area contributed by atoms with Crippen LogP contribution in [0, 0.1) is 0 Å². The standard InChI is InChI=1S/C18H27NO3S/c1-5-21-14-7-6-8-16(13-14)23-15-9-11-19(12-10-15)17(20)22-18(2,3)4/h6-8,13,15H,5,9-12H2,1-4H3. The summed E-state index contributed by atoms with van der Waals surface area (Å²) in [5, 5.41) is 0.533. The Balaban J connectivity index is 1.83. The minimum absolute atomic E-state index is 0.195. The van der Waals surface area contributed by atoms with Crippen molar-refractivity contribution >= 4 is 17.9 Å². The van der Waals surface area contributed by atoms with Crippen LogP contribution in [0.2, 0.25) is 0 Å². The number of amides is 1. The van der Waals surface area contributed by atoms with E-state index in [1.54, 1.807) is 0 Å². The normalized spacial score (nSPS) is 16.3. The second kappa shape index (κ2) is 7.95. The lowest BCUT2D eigenvalue weighted by Gasteiger charge is -2.33. The summed E-state index contributed by atoms with van der Waals surface area (Å²) in [5.41, 5.74) is -0.428. The zero-order chi connectivity index (χ0) is 16.9. The van der Waals surface area contributed by atoms with Gasteiger partial charge in [-0.25, -0.2) is 4.79 Å². The summed E-state index contributed by atoms with van der Waals surface area (Å²) < 4.78 is 11.0. The van der Waals surface area contributed by atoms with E-state index in [2.05, 4.69) is 12.1 Å². The zero-order valence-electron chi connectivity index (χ0n) is 14.5. The van der Waals surface area contributed by atoms with Crippen molar-refractivity contribution in [2.75, 3.05) is 19.7 Å². The fraction of sp³-hybridized carbons (Fsp3) is 0.611. The Hall–Kier alpha value is -1.36. The number of rotatable bonds is 4. The smallest absolute Gasteiger partial charge is 0.410 e. The molecule has 0 radical (unpaired) electrons. The van der Waals surface area contributed by atoms with E-state index in [0.717, 1.165) is 31.7 Å². The molecule has 0 atom stereocenters. The Morgan fingerprint density at radius 3 is 2.61 bits per heavy atom. The van der Waals surface area contributed by atoms with E-state index in [-0.39, 0.29) is 6.09 Å². The van der Waals surface area contributed by atoms with E-state index in [0.29, 0.717) is 11.9 Å². The van der Waals surface area contributed by atoms with E-state index in [1.807, 2.05) is 56.5 Å². The second-order valence-corrected chi connectivity index (χ2v) is 8.07. The summed E-state index contributed by atoms with van der Waals surface area (Å²) >= 11 is 1.87. The monoisotopic (exact) mass is 337 g/mol. The molecule has 1 aliphatic rings. The lowest BCUT2D eigenvalue weighted by Crippen LogP contribution is -2.42. The maximum Gasteiger partial charge on any atom is 0.410 e. The average molecular weight is 337 g/mol. The van der Waals surface area contributed by atoms with Gasteiger partial charge < -0.3 is 14.4 Å². The quantitative estimate of drug-likeness (QED) is 0.806. The number of likely N-dealkylation sites (tertiary alicyclic amines) is 1. The molecule has 0 aromatic heterocycles. The van der Waals surface area contributed by atoms with Crippen LogP contribution in [0.1, 0.15) is 40.5 Å². The third-order valence-corrected chi connectivity index (χ3v) is 4.84. The first-order valence-electron chi connectivity index (χ1n) is 8.25. The first-order valence-corrected chi connectivity index (χ1v) is 9.13. The minimum Gasteiger partial charge on any atom is -0.494 e. The first-order chi connectivity index (χ1) is 10.9. The highest BCUT2D eigenvalue weighted by Gasteiger charge is 2.27. The van der Waals surface area contributed by atoms with Crippen LogP contribution in [0.4, 0.5) is 4.79 Å². The maximum absolute atomic E-state index is 12.1. The maximum atomic E-state index is 12.1. The molecule has 0 bridgehead atoms. The fourth-order valence-electron chi connectivity index (χ4n) is 2.48. The van der Waals surface area contributed by atoms with Gasteiger partial charge in [-0.05, 0) is 58.7 Å². The number of benzene rings is 1. The molecule has 1 aromatic rings. The van der Waals surface area contributed by atoms with E-state index < -0.39 is 5.60 Å². The van der Waals surface area contributed by atoms with Crippen molar-refractivity contribution in [2.24, 2.45) is 0 Å². The SMILES string of the molecule is CCOc1cccc(SC2CCN(C(=O)OC(C)(C)C)CC2)c1. The van der Waals surface area contributed by atoms with Crippen LogP contribution in [-0.4, -0.2) is 41.5 Å². The summed E-state index contributed by atoms with van der Waals surface area (Å²) in [5.74, 6) is 0.920. The molecule has 0 N–H and O–H groups in total. The van der Waals surface area contributed by atoms with Crippen LogP contribution in [-0.2, 0) is 4.74 Å². The Labute approximate surface area is 143 Å². The number of carbonyl (C=O) groups is 1. The number of hydrogen-bond donors (Lipinski definition) is 0. The summed E-state index contributed by atoms with van der Waals surface area (Å²) in [6, 6.07) is 8.23. The third kappa shape index (κ3) is 5.98. The molecule has 1 saturated heterocycles. The van der Waals surface area contributed by atoms with Crippen LogP contribution in [0.3, 0.4) is 0 Å². The zero-order valence-corrected chi connectivity index (χ0v) is 15.3. The van der Waals surface area contributed by atoms with Gasteiger partial charge in [0.2, 0.25) is 0 Å². The van der Waals surface area contributed by atoms with Crippen molar-refractivity contribution in [3.05, 3.63) is 24.3 Å². The van der Waals surface area contributed by atoms with Crippen molar-refractivity contribution in [3.63, 3.8) is 0 Å². The Kier molecular flexibility index (Phi) is 6.22. The number of piperidine rings is 1. The molecule has 1 fully saturated rings. The van der Waals surface area contributed by atoms with Crippen LogP contribution < -0.4 is 4.74 Å². The van der Waals surface area contributed by atoms with Gasteiger partial charge in [-0.15, -0.1) is 11.8 Å². The molecule has 1 aromatic carbocycles. The lowest BCUT2D eigenvalue weighted by molar-refractivity contribution is 0.0219.